The lowest BCUT2D eigenvalue weighted by Crippen LogP contribution is -2.04. The lowest BCUT2D eigenvalue weighted by Gasteiger charge is -2.12. The van der Waals surface area contributed by atoms with Crippen molar-refractivity contribution in [3.8, 4) is 0 Å². The van der Waals surface area contributed by atoms with Crippen LogP contribution in [0.3, 0.4) is 0 Å². The molecule has 0 fully saturated rings. The molecule has 5 heteroatoms. The second kappa shape index (κ2) is 5.75. The average molecular weight is 321 g/mol. The molecule has 2 aromatic carbocycles. The van der Waals surface area contributed by atoms with Gasteiger partial charge in [-0.2, -0.15) is 0 Å². The van der Waals surface area contributed by atoms with Crippen LogP contribution in [0.5, 0.6) is 0 Å². The Balaban J connectivity index is 2.34. The van der Waals surface area contributed by atoms with Crippen LogP contribution in [-0.4, -0.2) is 13.1 Å². The van der Waals surface area contributed by atoms with Gasteiger partial charge in [-0.15, -0.1) is 0 Å². The Labute approximate surface area is 119 Å². The number of anilines is 3. The van der Waals surface area contributed by atoms with E-state index in [0.29, 0.717) is 16.9 Å². The van der Waals surface area contributed by atoms with Gasteiger partial charge >= 0.3 is 5.97 Å². The summed E-state index contributed by atoms with van der Waals surface area (Å²) in [5, 5.41) is 3.18. The Morgan fingerprint density at radius 3 is 2.63 bits per heavy atom. The van der Waals surface area contributed by atoms with Crippen molar-refractivity contribution in [1.29, 1.82) is 0 Å². The predicted octanol–water partition coefficient (Wildman–Crippen LogP) is 3.56. The number of esters is 1. The number of para-hydroxylation sites is 1. The Kier molecular flexibility index (Phi) is 4.06. The minimum absolute atomic E-state index is 0.393. The van der Waals surface area contributed by atoms with Crippen LogP contribution in [0.15, 0.2) is 46.9 Å². The van der Waals surface area contributed by atoms with E-state index in [0.717, 1.165) is 10.2 Å². The molecule has 4 nitrogen and oxygen atoms in total. The van der Waals surface area contributed by atoms with Crippen LogP contribution in [-0.2, 0) is 4.74 Å². The van der Waals surface area contributed by atoms with Gasteiger partial charge in [0.1, 0.15) is 0 Å². The molecule has 2 rings (SSSR count). The highest BCUT2D eigenvalue weighted by molar-refractivity contribution is 9.10. The minimum Gasteiger partial charge on any atom is -0.465 e. The number of hydrogen-bond acceptors (Lipinski definition) is 4. The fourth-order valence-corrected chi connectivity index (χ4v) is 2.00. The van der Waals surface area contributed by atoms with Gasteiger partial charge in [0, 0.05) is 4.47 Å². The van der Waals surface area contributed by atoms with Crippen LogP contribution in [0.2, 0.25) is 0 Å². The molecule has 0 unspecified atom stereocenters. The molecule has 98 valence electrons. The maximum atomic E-state index is 11.5. The van der Waals surface area contributed by atoms with Gasteiger partial charge in [0.25, 0.3) is 0 Å². The summed E-state index contributed by atoms with van der Waals surface area (Å²) in [6.45, 7) is 0. The van der Waals surface area contributed by atoms with Crippen molar-refractivity contribution >= 4 is 39.0 Å². The Morgan fingerprint density at radius 1 is 1.21 bits per heavy atom. The van der Waals surface area contributed by atoms with Gasteiger partial charge in [-0.1, -0.05) is 12.1 Å². The monoisotopic (exact) mass is 320 g/mol. The summed E-state index contributed by atoms with van der Waals surface area (Å²) < 4.78 is 5.60. The lowest BCUT2D eigenvalue weighted by atomic mass is 10.1. The quantitative estimate of drug-likeness (QED) is 0.670. The van der Waals surface area contributed by atoms with Crippen LogP contribution in [0.4, 0.5) is 17.1 Å². The van der Waals surface area contributed by atoms with E-state index in [4.69, 9.17) is 5.73 Å². The number of ether oxygens (including phenoxy) is 1. The SMILES string of the molecule is COC(=O)c1ccc(N)c(Nc2ccccc2Br)c1. The molecule has 0 radical (unpaired) electrons. The van der Waals surface area contributed by atoms with E-state index >= 15 is 0 Å². The summed E-state index contributed by atoms with van der Waals surface area (Å²) >= 11 is 3.44. The summed E-state index contributed by atoms with van der Waals surface area (Å²) in [7, 11) is 1.35. The minimum atomic E-state index is -0.393. The average Bonchev–Trinajstić information content (AvgIpc) is 2.42. The molecule has 19 heavy (non-hydrogen) atoms. The van der Waals surface area contributed by atoms with Crippen LogP contribution in [0.1, 0.15) is 10.4 Å². The zero-order chi connectivity index (χ0) is 13.8. The van der Waals surface area contributed by atoms with Gasteiger partial charge in [-0.05, 0) is 46.3 Å². The molecule has 0 atom stereocenters. The summed E-state index contributed by atoms with van der Waals surface area (Å²) in [5.74, 6) is -0.393. The lowest BCUT2D eigenvalue weighted by molar-refractivity contribution is 0.0601. The Morgan fingerprint density at radius 2 is 1.95 bits per heavy atom. The highest BCUT2D eigenvalue weighted by atomic mass is 79.9. The first-order valence-corrected chi connectivity index (χ1v) is 6.40. The second-order valence-corrected chi connectivity index (χ2v) is 4.75. The maximum Gasteiger partial charge on any atom is 0.337 e. The first-order chi connectivity index (χ1) is 9.11. The van der Waals surface area contributed by atoms with Crippen molar-refractivity contribution in [3.63, 3.8) is 0 Å². The topological polar surface area (TPSA) is 64.3 Å². The molecule has 0 aromatic heterocycles. The van der Waals surface area contributed by atoms with Gasteiger partial charge in [-0.25, -0.2) is 4.79 Å². The van der Waals surface area contributed by atoms with Crippen LogP contribution < -0.4 is 11.1 Å². The number of carbonyl (C=O) groups is 1. The molecular formula is C14H13BrN2O2. The molecule has 3 N–H and O–H groups in total. The van der Waals surface area contributed by atoms with E-state index < -0.39 is 5.97 Å². The number of halogens is 1. The third-order valence-corrected chi connectivity index (χ3v) is 3.31. The Hall–Kier alpha value is -2.01. The number of benzene rings is 2. The van der Waals surface area contributed by atoms with Crippen molar-refractivity contribution in [1.82, 2.24) is 0 Å². The van der Waals surface area contributed by atoms with Gasteiger partial charge < -0.3 is 15.8 Å². The number of nitrogens with one attached hydrogen (secondary N) is 1. The summed E-state index contributed by atoms with van der Waals surface area (Å²) in [4.78, 5) is 11.5. The van der Waals surface area contributed by atoms with Crippen LogP contribution >= 0.6 is 15.9 Å². The van der Waals surface area contributed by atoms with Gasteiger partial charge in [-0.3, -0.25) is 0 Å². The molecule has 0 saturated heterocycles. The van der Waals surface area contributed by atoms with Gasteiger partial charge in [0.2, 0.25) is 0 Å². The standard InChI is InChI=1S/C14H13BrN2O2/c1-19-14(18)9-6-7-11(16)13(8-9)17-12-5-3-2-4-10(12)15/h2-8,17H,16H2,1H3. The van der Waals surface area contributed by atoms with Crippen molar-refractivity contribution in [2.24, 2.45) is 0 Å². The molecule has 0 saturated carbocycles. The van der Waals surface area contributed by atoms with Gasteiger partial charge in [0.05, 0.1) is 29.7 Å². The molecule has 2 aromatic rings. The molecule has 0 aliphatic carbocycles. The highest BCUT2D eigenvalue weighted by Crippen LogP contribution is 2.29. The van der Waals surface area contributed by atoms with Crippen molar-refractivity contribution < 1.29 is 9.53 Å². The summed E-state index contributed by atoms with van der Waals surface area (Å²) in [5.41, 5.74) is 8.44. The number of carbonyl (C=O) groups excluding carboxylic acids is 1. The van der Waals surface area contributed by atoms with E-state index in [9.17, 15) is 4.79 Å². The fraction of sp³-hybridized carbons (Fsp3) is 0.0714. The molecule has 0 bridgehead atoms. The van der Waals surface area contributed by atoms with E-state index in [2.05, 4.69) is 26.0 Å². The molecule has 0 aliphatic rings. The number of hydrogen-bond donors (Lipinski definition) is 2. The Bertz CT molecular complexity index is 614. The molecule has 0 amide bonds. The van der Waals surface area contributed by atoms with Crippen LogP contribution in [0, 0.1) is 0 Å². The maximum absolute atomic E-state index is 11.5. The predicted molar refractivity (Wildman–Crippen MR) is 79.6 cm³/mol. The largest absolute Gasteiger partial charge is 0.465 e. The van der Waals surface area contributed by atoms with E-state index in [1.165, 1.54) is 7.11 Å². The number of nitrogens with two attached hydrogens (primary N) is 1. The van der Waals surface area contributed by atoms with E-state index in [-0.39, 0.29) is 0 Å². The highest BCUT2D eigenvalue weighted by Gasteiger charge is 2.09. The first kappa shape index (κ1) is 13.4. The molecular weight excluding hydrogens is 308 g/mol. The number of nitrogen functional groups attached to an aromatic ring is 1. The van der Waals surface area contributed by atoms with E-state index in [1.807, 2.05) is 24.3 Å². The fourth-order valence-electron chi connectivity index (χ4n) is 1.62. The van der Waals surface area contributed by atoms with Crippen LogP contribution in [0.25, 0.3) is 0 Å². The van der Waals surface area contributed by atoms with Crippen molar-refractivity contribution in [2.75, 3.05) is 18.2 Å². The molecule has 0 spiro atoms. The molecule has 0 aliphatic heterocycles. The first-order valence-electron chi connectivity index (χ1n) is 5.61. The normalized spacial score (nSPS) is 10.0. The third kappa shape index (κ3) is 3.06. The summed E-state index contributed by atoms with van der Waals surface area (Å²) in [6, 6.07) is 12.6. The van der Waals surface area contributed by atoms with Crippen molar-refractivity contribution in [2.45, 2.75) is 0 Å². The summed E-state index contributed by atoms with van der Waals surface area (Å²) in [6.07, 6.45) is 0. The zero-order valence-electron chi connectivity index (χ0n) is 10.3. The van der Waals surface area contributed by atoms with Gasteiger partial charge in [0.15, 0.2) is 0 Å². The molecule has 0 heterocycles. The van der Waals surface area contributed by atoms with Crippen molar-refractivity contribution in [3.05, 3.63) is 52.5 Å². The number of methoxy groups -OCH3 is 1. The zero-order valence-corrected chi connectivity index (χ0v) is 11.9. The number of rotatable bonds is 3. The smallest absolute Gasteiger partial charge is 0.337 e. The third-order valence-electron chi connectivity index (χ3n) is 2.62. The van der Waals surface area contributed by atoms with E-state index in [1.54, 1.807) is 18.2 Å². The second-order valence-electron chi connectivity index (χ2n) is 3.90.